The first-order chi connectivity index (χ1) is 14.9. The van der Waals surface area contributed by atoms with Gasteiger partial charge in [-0.15, -0.1) is 0 Å². The summed E-state index contributed by atoms with van der Waals surface area (Å²) < 4.78 is 19.6. The number of benzene rings is 3. The molecule has 0 radical (unpaired) electrons. The standard InChI is InChI=1S/C24H17Cl2FN2O2/c1-15-6-7-20(26)12-22(15)29-24(30)18(13-28)10-17-11-19(25)8-9-23(17)31-14-16-4-2-3-5-21(16)27/h2-12H,14H2,1H3,(H,29,30)/b18-10+. The van der Waals surface area contributed by atoms with E-state index in [1.54, 1.807) is 54.6 Å². The van der Waals surface area contributed by atoms with Crippen molar-refractivity contribution in [3.63, 3.8) is 0 Å². The zero-order valence-electron chi connectivity index (χ0n) is 16.5. The maximum atomic E-state index is 13.9. The molecule has 3 aromatic rings. The molecule has 0 fully saturated rings. The van der Waals surface area contributed by atoms with Crippen LogP contribution < -0.4 is 10.1 Å². The van der Waals surface area contributed by atoms with E-state index in [9.17, 15) is 14.4 Å². The summed E-state index contributed by atoms with van der Waals surface area (Å²) in [5, 5.41) is 13.1. The minimum atomic E-state index is -0.604. The number of hydrogen-bond acceptors (Lipinski definition) is 3. The topological polar surface area (TPSA) is 62.1 Å². The van der Waals surface area contributed by atoms with Crippen molar-refractivity contribution in [2.75, 3.05) is 5.32 Å². The fourth-order valence-corrected chi connectivity index (χ4v) is 3.11. The highest BCUT2D eigenvalue weighted by Gasteiger charge is 2.14. The highest BCUT2D eigenvalue weighted by atomic mass is 35.5. The van der Waals surface area contributed by atoms with Crippen molar-refractivity contribution < 1.29 is 13.9 Å². The lowest BCUT2D eigenvalue weighted by atomic mass is 10.1. The molecule has 0 aromatic heterocycles. The molecule has 0 unspecified atom stereocenters. The zero-order chi connectivity index (χ0) is 22.4. The second-order valence-corrected chi connectivity index (χ2v) is 7.52. The van der Waals surface area contributed by atoms with Gasteiger partial charge in [-0.1, -0.05) is 47.5 Å². The number of carbonyl (C=O) groups is 1. The van der Waals surface area contributed by atoms with Crippen molar-refractivity contribution in [3.8, 4) is 11.8 Å². The van der Waals surface area contributed by atoms with Crippen molar-refractivity contribution in [2.24, 2.45) is 0 Å². The van der Waals surface area contributed by atoms with Gasteiger partial charge in [0.15, 0.2) is 0 Å². The van der Waals surface area contributed by atoms with Gasteiger partial charge in [-0.05, 0) is 55.0 Å². The van der Waals surface area contributed by atoms with E-state index in [1.165, 1.54) is 12.1 Å². The molecule has 31 heavy (non-hydrogen) atoms. The summed E-state index contributed by atoms with van der Waals surface area (Å²) >= 11 is 12.1. The normalized spacial score (nSPS) is 11.0. The van der Waals surface area contributed by atoms with E-state index in [4.69, 9.17) is 27.9 Å². The highest BCUT2D eigenvalue weighted by molar-refractivity contribution is 6.31. The van der Waals surface area contributed by atoms with Crippen LogP contribution in [-0.2, 0) is 11.4 Å². The van der Waals surface area contributed by atoms with E-state index in [0.29, 0.717) is 32.6 Å². The quantitative estimate of drug-likeness (QED) is 0.338. The van der Waals surface area contributed by atoms with Crippen LogP contribution in [0.25, 0.3) is 6.08 Å². The molecule has 156 valence electrons. The predicted molar refractivity (Wildman–Crippen MR) is 121 cm³/mol. The Kier molecular flexibility index (Phi) is 7.30. The van der Waals surface area contributed by atoms with E-state index in [-0.39, 0.29) is 18.0 Å². The largest absolute Gasteiger partial charge is 0.488 e. The molecule has 7 heteroatoms. The second-order valence-electron chi connectivity index (χ2n) is 6.65. The first-order valence-corrected chi connectivity index (χ1v) is 9.98. The number of amides is 1. The molecule has 0 aliphatic heterocycles. The Hall–Kier alpha value is -3.33. The van der Waals surface area contributed by atoms with Gasteiger partial charge in [-0.25, -0.2) is 4.39 Å². The monoisotopic (exact) mass is 454 g/mol. The number of nitrogens with zero attached hydrogens (tertiary/aromatic N) is 1. The molecule has 0 aliphatic rings. The van der Waals surface area contributed by atoms with Crippen molar-refractivity contribution in [1.82, 2.24) is 0 Å². The average molecular weight is 455 g/mol. The number of nitriles is 1. The number of hydrogen-bond donors (Lipinski definition) is 1. The Labute approximate surface area is 189 Å². The Bertz CT molecular complexity index is 1200. The Morgan fingerprint density at radius 1 is 1.13 bits per heavy atom. The predicted octanol–water partition coefficient (Wildman–Crippen LogP) is 6.57. The molecule has 0 saturated carbocycles. The van der Waals surface area contributed by atoms with Gasteiger partial charge in [-0.3, -0.25) is 4.79 Å². The van der Waals surface area contributed by atoms with Crippen molar-refractivity contribution in [3.05, 3.63) is 98.8 Å². The van der Waals surface area contributed by atoms with Crippen LogP contribution in [0.2, 0.25) is 10.0 Å². The highest BCUT2D eigenvalue weighted by Crippen LogP contribution is 2.27. The smallest absolute Gasteiger partial charge is 0.266 e. The lowest BCUT2D eigenvalue weighted by Gasteiger charge is -2.11. The molecule has 1 N–H and O–H groups in total. The Morgan fingerprint density at radius 3 is 2.58 bits per heavy atom. The third-order valence-corrected chi connectivity index (χ3v) is 4.90. The van der Waals surface area contributed by atoms with Crippen molar-refractivity contribution in [2.45, 2.75) is 13.5 Å². The summed E-state index contributed by atoms with van der Waals surface area (Å²) in [4.78, 5) is 12.7. The summed E-state index contributed by atoms with van der Waals surface area (Å²) in [6.07, 6.45) is 1.37. The fraction of sp³-hybridized carbons (Fsp3) is 0.0833. The van der Waals surface area contributed by atoms with Crippen LogP contribution in [0, 0.1) is 24.1 Å². The first kappa shape index (κ1) is 22.4. The summed E-state index contributed by atoms with van der Waals surface area (Å²) in [5.74, 6) is -0.637. The van der Waals surface area contributed by atoms with Crippen LogP contribution in [0.3, 0.4) is 0 Å². The lowest BCUT2D eigenvalue weighted by Crippen LogP contribution is -2.14. The van der Waals surface area contributed by atoms with Gasteiger partial charge < -0.3 is 10.1 Å². The van der Waals surface area contributed by atoms with Crippen LogP contribution in [0.4, 0.5) is 10.1 Å². The van der Waals surface area contributed by atoms with Gasteiger partial charge in [0, 0.05) is 26.9 Å². The first-order valence-electron chi connectivity index (χ1n) is 9.22. The molecule has 3 aromatic carbocycles. The minimum Gasteiger partial charge on any atom is -0.488 e. The van der Waals surface area contributed by atoms with Gasteiger partial charge >= 0.3 is 0 Å². The molecule has 0 atom stereocenters. The maximum absolute atomic E-state index is 13.9. The minimum absolute atomic E-state index is 0.0229. The Morgan fingerprint density at radius 2 is 1.84 bits per heavy atom. The maximum Gasteiger partial charge on any atom is 0.266 e. The molecule has 0 spiro atoms. The third kappa shape index (κ3) is 5.85. The van der Waals surface area contributed by atoms with E-state index in [0.717, 1.165) is 5.56 Å². The van der Waals surface area contributed by atoms with Crippen LogP contribution >= 0.6 is 23.2 Å². The van der Waals surface area contributed by atoms with Crippen LogP contribution in [0.15, 0.2) is 66.2 Å². The molecule has 0 aliphatic carbocycles. The summed E-state index contributed by atoms with van der Waals surface area (Å²) in [6.45, 7) is 1.79. The number of nitrogens with one attached hydrogen (secondary N) is 1. The molecule has 0 heterocycles. The molecule has 1 amide bonds. The number of ether oxygens (including phenoxy) is 1. The molecule has 0 bridgehead atoms. The third-order valence-electron chi connectivity index (χ3n) is 4.43. The van der Waals surface area contributed by atoms with Gasteiger partial charge in [0.1, 0.15) is 29.8 Å². The van der Waals surface area contributed by atoms with E-state index >= 15 is 0 Å². The van der Waals surface area contributed by atoms with Crippen LogP contribution in [-0.4, -0.2) is 5.91 Å². The van der Waals surface area contributed by atoms with E-state index < -0.39 is 5.91 Å². The zero-order valence-corrected chi connectivity index (χ0v) is 18.0. The van der Waals surface area contributed by atoms with Crippen molar-refractivity contribution >= 4 is 40.9 Å². The number of rotatable bonds is 6. The SMILES string of the molecule is Cc1ccc(Cl)cc1NC(=O)/C(C#N)=C/c1cc(Cl)ccc1OCc1ccccc1F. The lowest BCUT2D eigenvalue weighted by molar-refractivity contribution is -0.112. The summed E-state index contributed by atoms with van der Waals surface area (Å²) in [6, 6.07) is 18.0. The fourth-order valence-electron chi connectivity index (χ4n) is 2.76. The van der Waals surface area contributed by atoms with E-state index in [1.807, 2.05) is 13.0 Å². The van der Waals surface area contributed by atoms with Gasteiger partial charge in [-0.2, -0.15) is 5.26 Å². The second kappa shape index (κ2) is 10.1. The summed E-state index contributed by atoms with van der Waals surface area (Å²) in [7, 11) is 0. The van der Waals surface area contributed by atoms with Gasteiger partial charge in [0.2, 0.25) is 0 Å². The summed E-state index contributed by atoms with van der Waals surface area (Å²) in [5.41, 5.74) is 1.94. The molecular weight excluding hydrogens is 438 g/mol. The molecule has 4 nitrogen and oxygen atoms in total. The number of aryl methyl sites for hydroxylation is 1. The number of halogens is 3. The van der Waals surface area contributed by atoms with Gasteiger partial charge in [0.05, 0.1) is 0 Å². The molecular formula is C24H17Cl2FN2O2. The van der Waals surface area contributed by atoms with Crippen LogP contribution in [0.5, 0.6) is 5.75 Å². The number of carbonyl (C=O) groups excluding carboxylic acids is 1. The average Bonchev–Trinajstić information content (AvgIpc) is 2.75. The Balaban J connectivity index is 1.86. The molecule has 0 saturated heterocycles. The van der Waals surface area contributed by atoms with Gasteiger partial charge in [0.25, 0.3) is 5.91 Å². The van der Waals surface area contributed by atoms with Crippen LogP contribution in [0.1, 0.15) is 16.7 Å². The molecule has 3 rings (SSSR count). The van der Waals surface area contributed by atoms with Crippen molar-refractivity contribution in [1.29, 1.82) is 5.26 Å². The number of anilines is 1. The van der Waals surface area contributed by atoms with E-state index in [2.05, 4.69) is 5.32 Å².